The predicted octanol–water partition coefficient (Wildman–Crippen LogP) is 5.72. The number of esters is 1. The zero-order valence-corrected chi connectivity index (χ0v) is 23.0. The van der Waals surface area contributed by atoms with Crippen molar-refractivity contribution >= 4 is 63.2 Å². The van der Waals surface area contributed by atoms with Crippen molar-refractivity contribution in [3.05, 3.63) is 50.1 Å². The van der Waals surface area contributed by atoms with E-state index in [1.54, 1.807) is 25.1 Å². The molecular formula is C23H26Cl2N4O4S2. The second kappa shape index (κ2) is 12.6. The lowest BCUT2D eigenvalue weighted by atomic mass is 10.1. The van der Waals surface area contributed by atoms with E-state index >= 15 is 0 Å². The van der Waals surface area contributed by atoms with Crippen LogP contribution in [0.2, 0.25) is 10.0 Å². The van der Waals surface area contributed by atoms with Crippen molar-refractivity contribution < 1.29 is 19.1 Å². The number of carbonyl (C=O) groups excluding carboxylic acids is 2. The van der Waals surface area contributed by atoms with Gasteiger partial charge in [-0.25, -0.2) is 4.79 Å². The third-order valence-corrected chi connectivity index (χ3v) is 7.74. The van der Waals surface area contributed by atoms with Crippen LogP contribution in [0.3, 0.4) is 0 Å². The molecule has 3 rings (SSSR count). The van der Waals surface area contributed by atoms with E-state index in [4.69, 9.17) is 32.7 Å². The third-order valence-electron chi connectivity index (χ3n) is 5.07. The van der Waals surface area contributed by atoms with E-state index in [1.165, 1.54) is 23.1 Å². The summed E-state index contributed by atoms with van der Waals surface area (Å²) in [6, 6.07) is 5.10. The van der Waals surface area contributed by atoms with E-state index in [2.05, 4.69) is 15.5 Å². The van der Waals surface area contributed by atoms with Gasteiger partial charge in [-0.15, -0.1) is 21.5 Å². The SMILES string of the molecule is CCOC(=O)c1c(NC(=O)CSc2nnc(CCCOc3ccc(Cl)cc3Cl)n2C)sc(C)c1C. The van der Waals surface area contributed by atoms with Crippen molar-refractivity contribution in [1.29, 1.82) is 0 Å². The van der Waals surface area contributed by atoms with Crippen LogP contribution >= 0.6 is 46.3 Å². The van der Waals surface area contributed by atoms with Gasteiger partial charge in [0.25, 0.3) is 0 Å². The van der Waals surface area contributed by atoms with Gasteiger partial charge < -0.3 is 19.4 Å². The summed E-state index contributed by atoms with van der Waals surface area (Å²) >= 11 is 14.7. The third kappa shape index (κ3) is 7.13. The molecule has 1 N–H and O–H groups in total. The van der Waals surface area contributed by atoms with Crippen molar-refractivity contribution in [3.63, 3.8) is 0 Å². The summed E-state index contributed by atoms with van der Waals surface area (Å²) in [4.78, 5) is 25.8. The highest BCUT2D eigenvalue weighted by molar-refractivity contribution is 7.99. The summed E-state index contributed by atoms with van der Waals surface area (Å²) in [6.07, 6.45) is 1.36. The number of carbonyl (C=O) groups is 2. The highest BCUT2D eigenvalue weighted by Crippen LogP contribution is 2.33. The number of benzene rings is 1. The number of ether oxygens (including phenoxy) is 2. The largest absolute Gasteiger partial charge is 0.492 e. The van der Waals surface area contributed by atoms with Crippen LogP contribution in [0.1, 0.15) is 40.0 Å². The molecule has 1 aromatic carbocycles. The molecule has 188 valence electrons. The lowest BCUT2D eigenvalue weighted by Crippen LogP contribution is -2.16. The quantitative estimate of drug-likeness (QED) is 0.183. The van der Waals surface area contributed by atoms with Crippen molar-refractivity contribution in [2.75, 3.05) is 24.3 Å². The Kier molecular flexibility index (Phi) is 9.85. The average molecular weight is 558 g/mol. The fraction of sp³-hybridized carbons (Fsp3) is 0.391. The van der Waals surface area contributed by atoms with E-state index in [9.17, 15) is 9.59 Å². The Morgan fingerprint density at radius 2 is 2.00 bits per heavy atom. The summed E-state index contributed by atoms with van der Waals surface area (Å²) in [5.41, 5.74) is 1.23. The molecule has 0 aliphatic heterocycles. The number of thioether (sulfide) groups is 1. The number of rotatable bonds is 11. The first-order chi connectivity index (χ1) is 16.7. The highest BCUT2D eigenvalue weighted by atomic mass is 35.5. The number of hydrogen-bond acceptors (Lipinski definition) is 8. The van der Waals surface area contributed by atoms with E-state index in [0.29, 0.717) is 51.0 Å². The van der Waals surface area contributed by atoms with Gasteiger partial charge in [0.05, 0.1) is 29.6 Å². The van der Waals surface area contributed by atoms with Crippen LogP contribution in [0.5, 0.6) is 5.75 Å². The van der Waals surface area contributed by atoms with Crippen molar-refractivity contribution in [2.24, 2.45) is 7.05 Å². The fourth-order valence-electron chi connectivity index (χ4n) is 3.15. The number of halogens is 2. The van der Waals surface area contributed by atoms with E-state index < -0.39 is 5.97 Å². The normalized spacial score (nSPS) is 10.9. The molecular weight excluding hydrogens is 531 g/mol. The first kappa shape index (κ1) is 27.3. The van der Waals surface area contributed by atoms with Gasteiger partial charge in [0.2, 0.25) is 5.91 Å². The van der Waals surface area contributed by atoms with Gasteiger partial charge in [-0.3, -0.25) is 4.79 Å². The fourth-order valence-corrected chi connectivity index (χ4v) is 5.41. The Labute approximate surface area is 222 Å². The average Bonchev–Trinajstić information content (AvgIpc) is 3.29. The summed E-state index contributed by atoms with van der Waals surface area (Å²) in [7, 11) is 1.86. The number of hydrogen-bond donors (Lipinski definition) is 1. The molecule has 0 fully saturated rings. The number of anilines is 1. The Balaban J connectivity index is 1.50. The Morgan fingerprint density at radius 1 is 1.23 bits per heavy atom. The minimum Gasteiger partial charge on any atom is -0.492 e. The molecule has 0 unspecified atom stereocenters. The minimum absolute atomic E-state index is 0.127. The molecule has 2 aromatic heterocycles. The van der Waals surface area contributed by atoms with Crippen LogP contribution in [0.15, 0.2) is 23.4 Å². The molecule has 0 bridgehead atoms. The minimum atomic E-state index is -0.433. The number of amides is 1. The molecule has 0 atom stereocenters. The molecule has 12 heteroatoms. The second-order valence-electron chi connectivity index (χ2n) is 7.53. The summed E-state index contributed by atoms with van der Waals surface area (Å²) in [6.45, 7) is 6.23. The van der Waals surface area contributed by atoms with Gasteiger partial charge in [0, 0.05) is 23.4 Å². The molecule has 8 nitrogen and oxygen atoms in total. The lowest BCUT2D eigenvalue weighted by Gasteiger charge is -2.08. The van der Waals surface area contributed by atoms with E-state index in [0.717, 1.165) is 16.3 Å². The monoisotopic (exact) mass is 556 g/mol. The lowest BCUT2D eigenvalue weighted by molar-refractivity contribution is -0.113. The van der Waals surface area contributed by atoms with E-state index in [-0.39, 0.29) is 18.3 Å². The molecule has 0 aliphatic carbocycles. The molecule has 35 heavy (non-hydrogen) atoms. The summed E-state index contributed by atoms with van der Waals surface area (Å²) < 4.78 is 12.7. The second-order valence-corrected chi connectivity index (χ2v) is 10.5. The van der Waals surface area contributed by atoms with Crippen LogP contribution in [-0.2, 0) is 23.0 Å². The number of nitrogens with one attached hydrogen (secondary N) is 1. The molecule has 0 saturated heterocycles. The van der Waals surface area contributed by atoms with Crippen LogP contribution in [0.25, 0.3) is 0 Å². The maximum Gasteiger partial charge on any atom is 0.341 e. The van der Waals surface area contributed by atoms with Crippen LogP contribution in [-0.4, -0.2) is 45.6 Å². The number of thiophene rings is 1. The smallest absolute Gasteiger partial charge is 0.341 e. The number of nitrogens with zero attached hydrogens (tertiary/aromatic N) is 3. The summed E-state index contributed by atoms with van der Waals surface area (Å²) in [5.74, 6) is 0.825. The Bertz CT molecular complexity index is 1210. The Hall–Kier alpha value is -2.27. The molecule has 0 aliphatic rings. The maximum atomic E-state index is 12.6. The van der Waals surface area contributed by atoms with Crippen LogP contribution in [0, 0.1) is 13.8 Å². The molecule has 0 saturated carbocycles. The van der Waals surface area contributed by atoms with Gasteiger partial charge >= 0.3 is 5.97 Å². The maximum absolute atomic E-state index is 12.6. The predicted molar refractivity (Wildman–Crippen MR) is 140 cm³/mol. The molecule has 2 heterocycles. The van der Waals surface area contributed by atoms with Gasteiger partial charge in [-0.2, -0.15) is 0 Å². The standard InChI is InChI=1S/C23H26Cl2N4O4S2/c1-5-32-22(31)20-13(2)14(3)35-21(20)26-19(30)12-34-23-28-27-18(29(23)4)7-6-10-33-17-9-8-15(24)11-16(17)25/h8-9,11H,5-7,10,12H2,1-4H3,(H,26,30). The molecule has 1 amide bonds. The van der Waals surface area contributed by atoms with Gasteiger partial charge in [-0.1, -0.05) is 35.0 Å². The van der Waals surface area contributed by atoms with Crippen LogP contribution < -0.4 is 10.1 Å². The summed E-state index contributed by atoms with van der Waals surface area (Å²) in [5, 5.41) is 13.4. The topological polar surface area (TPSA) is 95.3 Å². The van der Waals surface area contributed by atoms with Crippen LogP contribution in [0.4, 0.5) is 5.00 Å². The van der Waals surface area contributed by atoms with Crippen molar-refractivity contribution in [1.82, 2.24) is 14.8 Å². The van der Waals surface area contributed by atoms with Gasteiger partial charge in [0.1, 0.15) is 16.6 Å². The molecule has 0 radical (unpaired) electrons. The highest BCUT2D eigenvalue weighted by Gasteiger charge is 2.22. The first-order valence-electron chi connectivity index (χ1n) is 10.9. The number of aromatic nitrogens is 3. The first-order valence-corrected chi connectivity index (χ1v) is 13.4. The number of aryl methyl sites for hydroxylation is 2. The zero-order chi connectivity index (χ0) is 25.5. The zero-order valence-electron chi connectivity index (χ0n) is 19.8. The van der Waals surface area contributed by atoms with Crippen molar-refractivity contribution in [3.8, 4) is 5.75 Å². The molecule has 3 aromatic rings. The van der Waals surface area contributed by atoms with E-state index in [1.807, 2.05) is 25.5 Å². The van der Waals surface area contributed by atoms with Gasteiger partial charge in [-0.05, 0) is 51.0 Å². The molecule has 0 spiro atoms. The van der Waals surface area contributed by atoms with Gasteiger partial charge in [0.15, 0.2) is 5.16 Å². The van der Waals surface area contributed by atoms with Crippen molar-refractivity contribution in [2.45, 2.75) is 38.8 Å². The Morgan fingerprint density at radius 3 is 2.71 bits per heavy atom.